The normalized spacial score (nSPS) is 11.5. The molecule has 0 spiro atoms. The van der Waals surface area contributed by atoms with Gasteiger partial charge >= 0.3 is 0 Å². The first-order chi connectivity index (χ1) is 11.2. The average molecular weight is 350 g/mol. The summed E-state index contributed by atoms with van der Waals surface area (Å²) in [6.07, 6.45) is 0. The van der Waals surface area contributed by atoms with Crippen LogP contribution < -0.4 is 5.32 Å². The lowest BCUT2D eigenvalue weighted by molar-refractivity contribution is -0.116. The quantitative estimate of drug-likeness (QED) is 0.902. The van der Waals surface area contributed by atoms with Crippen LogP contribution >= 0.6 is 0 Å². The number of sulfonamides is 1. The van der Waals surface area contributed by atoms with E-state index in [9.17, 15) is 17.6 Å². The van der Waals surface area contributed by atoms with Gasteiger partial charge in [0.1, 0.15) is 5.82 Å². The highest BCUT2D eigenvalue weighted by Gasteiger charge is 2.23. The molecule has 0 fully saturated rings. The molecule has 128 valence electrons. The number of aryl methyl sites for hydroxylation is 2. The monoisotopic (exact) mass is 350 g/mol. The molecular weight excluding hydrogens is 331 g/mol. The Morgan fingerprint density at radius 1 is 1.12 bits per heavy atom. The number of anilines is 1. The minimum atomic E-state index is -3.85. The fourth-order valence-electron chi connectivity index (χ4n) is 2.22. The predicted molar refractivity (Wildman–Crippen MR) is 90.8 cm³/mol. The van der Waals surface area contributed by atoms with Crippen LogP contribution in [0, 0.1) is 19.7 Å². The third kappa shape index (κ3) is 4.18. The third-order valence-corrected chi connectivity index (χ3v) is 5.36. The van der Waals surface area contributed by atoms with Crippen molar-refractivity contribution in [3.05, 3.63) is 59.4 Å². The number of carbonyl (C=O) groups excluding carboxylic acids is 1. The Hall–Kier alpha value is -2.25. The zero-order chi connectivity index (χ0) is 17.9. The van der Waals surface area contributed by atoms with E-state index >= 15 is 0 Å². The van der Waals surface area contributed by atoms with Crippen molar-refractivity contribution in [1.29, 1.82) is 0 Å². The highest BCUT2D eigenvalue weighted by molar-refractivity contribution is 7.89. The summed E-state index contributed by atoms with van der Waals surface area (Å²) in [4.78, 5) is 12.1. The maximum absolute atomic E-state index is 12.9. The van der Waals surface area contributed by atoms with Crippen LogP contribution in [-0.4, -0.2) is 32.2 Å². The molecule has 0 saturated heterocycles. The lowest BCUT2D eigenvalue weighted by atomic mass is 10.1. The van der Waals surface area contributed by atoms with Crippen molar-refractivity contribution in [2.75, 3.05) is 18.9 Å². The van der Waals surface area contributed by atoms with Gasteiger partial charge in [-0.3, -0.25) is 4.79 Å². The molecule has 0 unspecified atom stereocenters. The maximum atomic E-state index is 12.9. The Morgan fingerprint density at radius 2 is 1.75 bits per heavy atom. The minimum absolute atomic E-state index is 0.0642. The first-order valence-corrected chi connectivity index (χ1v) is 8.73. The first-order valence-electron chi connectivity index (χ1n) is 7.29. The van der Waals surface area contributed by atoms with Crippen LogP contribution in [0.5, 0.6) is 0 Å². The Bertz CT molecular complexity index is 849. The van der Waals surface area contributed by atoms with E-state index in [0.29, 0.717) is 5.69 Å². The molecule has 2 rings (SSSR count). The molecule has 0 saturated carbocycles. The number of carbonyl (C=O) groups is 1. The predicted octanol–water partition coefficient (Wildman–Crippen LogP) is 2.70. The van der Waals surface area contributed by atoms with E-state index in [1.165, 1.54) is 19.2 Å². The van der Waals surface area contributed by atoms with Crippen LogP contribution in [0.2, 0.25) is 0 Å². The van der Waals surface area contributed by atoms with Crippen molar-refractivity contribution in [3.63, 3.8) is 0 Å². The van der Waals surface area contributed by atoms with E-state index in [1.54, 1.807) is 6.07 Å². The molecule has 2 aromatic rings. The lowest BCUT2D eigenvalue weighted by Crippen LogP contribution is -2.35. The Kier molecular flexibility index (Phi) is 5.36. The molecule has 1 amide bonds. The standard InChI is InChI=1S/C17H19FN2O3S/c1-12-4-9-16(13(2)10-12)19-17(21)11-20(3)24(22,23)15-7-5-14(18)6-8-15/h4-10H,11H2,1-3H3,(H,19,21). The van der Waals surface area contributed by atoms with Crippen molar-refractivity contribution in [3.8, 4) is 0 Å². The van der Waals surface area contributed by atoms with E-state index in [-0.39, 0.29) is 11.4 Å². The minimum Gasteiger partial charge on any atom is -0.325 e. The number of rotatable bonds is 5. The van der Waals surface area contributed by atoms with Crippen LogP contribution in [0.25, 0.3) is 0 Å². The van der Waals surface area contributed by atoms with E-state index in [0.717, 1.165) is 27.6 Å². The zero-order valence-electron chi connectivity index (χ0n) is 13.7. The molecule has 24 heavy (non-hydrogen) atoms. The lowest BCUT2D eigenvalue weighted by Gasteiger charge is -2.17. The molecule has 0 aliphatic heterocycles. The summed E-state index contributed by atoms with van der Waals surface area (Å²) in [5, 5.41) is 2.70. The summed E-state index contributed by atoms with van der Waals surface area (Å²) in [6.45, 7) is 3.47. The van der Waals surface area contributed by atoms with Gasteiger partial charge in [0.15, 0.2) is 0 Å². The van der Waals surface area contributed by atoms with Crippen molar-refractivity contribution in [2.24, 2.45) is 0 Å². The molecule has 0 aliphatic carbocycles. The van der Waals surface area contributed by atoms with Crippen LogP contribution in [0.1, 0.15) is 11.1 Å². The summed E-state index contributed by atoms with van der Waals surface area (Å²) in [6, 6.07) is 10.0. The number of halogens is 1. The Balaban J connectivity index is 2.09. The molecule has 0 bridgehead atoms. The van der Waals surface area contributed by atoms with Gasteiger partial charge in [0.25, 0.3) is 0 Å². The van der Waals surface area contributed by atoms with Crippen LogP contribution in [0.3, 0.4) is 0 Å². The van der Waals surface area contributed by atoms with Crippen molar-refractivity contribution in [1.82, 2.24) is 4.31 Å². The third-order valence-electron chi connectivity index (χ3n) is 3.54. The Morgan fingerprint density at radius 3 is 2.33 bits per heavy atom. The van der Waals surface area contributed by atoms with Gasteiger partial charge in [0, 0.05) is 12.7 Å². The number of nitrogens with zero attached hydrogens (tertiary/aromatic N) is 1. The SMILES string of the molecule is Cc1ccc(NC(=O)CN(C)S(=O)(=O)c2ccc(F)cc2)c(C)c1. The summed E-state index contributed by atoms with van der Waals surface area (Å²) in [5.74, 6) is -0.973. The summed E-state index contributed by atoms with van der Waals surface area (Å²) >= 11 is 0. The second-order valence-electron chi connectivity index (χ2n) is 5.58. The van der Waals surface area contributed by atoms with Gasteiger partial charge in [0.2, 0.25) is 15.9 Å². The Labute approximate surface area is 141 Å². The van der Waals surface area contributed by atoms with Gasteiger partial charge in [-0.05, 0) is 49.7 Å². The topological polar surface area (TPSA) is 66.5 Å². The fraction of sp³-hybridized carbons (Fsp3) is 0.235. The van der Waals surface area contributed by atoms with E-state index in [2.05, 4.69) is 5.32 Å². The van der Waals surface area contributed by atoms with E-state index < -0.39 is 21.7 Å². The molecule has 0 aromatic heterocycles. The van der Waals surface area contributed by atoms with E-state index in [4.69, 9.17) is 0 Å². The smallest absolute Gasteiger partial charge is 0.243 e. The second kappa shape index (κ2) is 7.11. The second-order valence-corrected chi connectivity index (χ2v) is 7.63. The van der Waals surface area contributed by atoms with Gasteiger partial charge in [-0.15, -0.1) is 0 Å². The van der Waals surface area contributed by atoms with Crippen molar-refractivity contribution in [2.45, 2.75) is 18.7 Å². The first kappa shape index (κ1) is 18.1. The molecule has 2 aromatic carbocycles. The number of hydrogen-bond donors (Lipinski definition) is 1. The van der Waals surface area contributed by atoms with Crippen LogP contribution in [-0.2, 0) is 14.8 Å². The van der Waals surface area contributed by atoms with Gasteiger partial charge in [-0.25, -0.2) is 12.8 Å². The number of likely N-dealkylation sites (N-methyl/N-ethyl adjacent to an activating group) is 1. The highest BCUT2D eigenvalue weighted by atomic mass is 32.2. The molecular formula is C17H19FN2O3S. The van der Waals surface area contributed by atoms with E-state index in [1.807, 2.05) is 26.0 Å². The fourth-order valence-corrected chi connectivity index (χ4v) is 3.34. The molecule has 7 heteroatoms. The molecule has 5 nitrogen and oxygen atoms in total. The number of hydrogen-bond acceptors (Lipinski definition) is 3. The maximum Gasteiger partial charge on any atom is 0.243 e. The molecule has 0 heterocycles. The molecule has 1 N–H and O–H groups in total. The average Bonchev–Trinajstić information content (AvgIpc) is 2.50. The van der Waals surface area contributed by atoms with Gasteiger partial charge in [0.05, 0.1) is 11.4 Å². The molecule has 0 radical (unpaired) electrons. The van der Waals surface area contributed by atoms with Crippen molar-refractivity contribution < 1.29 is 17.6 Å². The van der Waals surface area contributed by atoms with Gasteiger partial charge in [-0.2, -0.15) is 4.31 Å². The highest BCUT2D eigenvalue weighted by Crippen LogP contribution is 2.17. The van der Waals surface area contributed by atoms with Gasteiger partial charge in [-0.1, -0.05) is 17.7 Å². The molecule has 0 atom stereocenters. The van der Waals surface area contributed by atoms with Crippen LogP contribution in [0.15, 0.2) is 47.4 Å². The van der Waals surface area contributed by atoms with Crippen LogP contribution in [0.4, 0.5) is 10.1 Å². The number of nitrogens with one attached hydrogen (secondary N) is 1. The largest absolute Gasteiger partial charge is 0.325 e. The van der Waals surface area contributed by atoms with Crippen molar-refractivity contribution >= 4 is 21.6 Å². The zero-order valence-corrected chi connectivity index (χ0v) is 14.5. The van der Waals surface area contributed by atoms with Gasteiger partial charge < -0.3 is 5.32 Å². The summed E-state index contributed by atoms with van der Waals surface area (Å²) in [5.41, 5.74) is 2.60. The number of benzene rings is 2. The summed E-state index contributed by atoms with van der Waals surface area (Å²) in [7, 11) is -2.55. The summed E-state index contributed by atoms with van der Waals surface area (Å²) < 4.78 is 38.6. The number of amides is 1. The molecule has 0 aliphatic rings.